The van der Waals surface area contributed by atoms with Gasteiger partial charge in [-0.2, -0.15) is 0 Å². The zero-order valence-corrected chi connectivity index (χ0v) is 11.1. The smallest absolute Gasteiger partial charge is 0.215 e. The van der Waals surface area contributed by atoms with Crippen LogP contribution in [0.1, 0.15) is 26.2 Å². The van der Waals surface area contributed by atoms with Crippen LogP contribution in [0.2, 0.25) is 0 Å². The number of rotatable bonds is 3. The zero-order chi connectivity index (χ0) is 12.5. The van der Waals surface area contributed by atoms with Gasteiger partial charge in [-0.25, -0.2) is 12.7 Å². The Hall–Kier alpha value is -0.170. The Labute approximate surface area is 103 Å². The molecule has 2 fully saturated rings. The number of hydrogen-bond donors (Lipinski definition) is 2. The minimum atomic E-state index is -3.16. The van der Waals surface area contributed by atoms with Crippen LogP contribution >= 0.6 is 0 Å². The maximum Gasteiger partial charge on any atom is 0.215 e. The van der Waals surface area contributed by atoms with E-state index in [4.69, 9.17) is 0 Å². The summed E-state index contributed by atoms with van der Waals surface area (Å²) in [6.07, 6.45) is 2.21. The van der Waals surface area contributed by atoms with E-state index in [1.807, 2.05) is 6.92 Å². The molecule has 100 valence electrons. The molecule has 3 unspecified atom stereocenters. The van der Waals surface area contributed by atoms with Gasteiger partial charge in [-0.3, -0.25) is 0 Å². The normalized spacial score (nSPS) is 36.2. The first kappa shape index (κ1) is 13.3. The molecule has 0 saturated carbocycles. The van der Waals surface area contributed by atoms with Crippen LogP contribution in [0.3, 0.4) is 0 Å². The lowest BCUT2D eigenvalue weighted by Crippen LogP contribution is -2.47. The predicted molar refractivity (Wildman–Crippen MR) is 66.2 cm³/mol. The second kappa shape index (κ2) is 5.22. The van der Waals surface area contributed by atoms with Crippen LogP contribution in [-0.2, 0) is 10.0 Å². The number of piperidine rings is 1. The van der Waals surface area contributed by atoms with Gasteiger partial charge >= 0.3 is 0 Å². The van der Waals surface area contributed by atoms with Crippen molar-refractivity contribution >= 4 is 10.0 Å². The van der Waals surface area contributed by atoms with E-state index in [0.717, 1.165) is 19.4 Å². The highest BCUT2D eigenvalue weighted by Crippen LogP contribution is 2.20. The van der Waals surface area contributed by atoms with Gasteiger partial charge in [-0.1, -0.05) is 6.92 Å². The van der Waals surface area contributed by atoms with Gasteiger partial charge in [0.15, 0.2) is 0 Å². The quantitative estimate of drug-likeness (QED) is 0.737. The number of aliphatic hydroxyl groups excluding tert-OH is 1. The summed E-state index contributed by atoms with van der Waals surface area (Å²) in [4.78, 5) is 0. The number of nitrogens with zero attached hydrogens (tertiary/aromatic N) is 1. The Morgan fingerprint density at radius 2 is 2.18 bits per heavy atom. The zero-order valence-electron chi connectivity index (χ0n) is 10.3. The standard InChI is InChI=1S/C11H22N2O3S/c1-9-7-13(6-4-11(9)14)17(15,16)8-10-3-2-5-12-10/h9-12,14H,2-8H2,1H3. The van der Waals surface area contributed by atoms with Gasteiger partial charge in [-0.15, -0.1) is 0 Å². The molecule has 0 aliphatic carbocycles. The molecule has 17 heavy (non-hydrogen) atoms. The highest BCUT2D eigenvalue weighted by Gasteiger charge is 2.33. The summed E-state index contributed by atoms with van der Waals surface area (Å²) in [5.74, 6) is 0.241. The molecule has 2 saturated heterocycles. The maximum atomic E-state index is 12.2. The lowest BCUT2D eigenvalue weighted by Gasteiger charge is -2.34. The van der Waals surface area contributed by atoms with E-state index in [0.29, 0.717) is 19.5 Å². The van der Waals surface area contributed by atoms with Crippen molar-refractivity contribution < 1.29 is 13.5 Å². The summed E-state index contributed by atoms with van der Waals surface area (Å²) in [6, 6.07) is 0.113. The third-order valence-corrected chi connectivity index (χ3v) is 5.73. The first-order chi connectivity index (χ1) is 7.99. The molecule has 2 aliphatic rings. The van der Waals surface area contributed by atoms with Gasteiger partial charge in [0, 0.05) is 19.1 Å². The molecule has 2 aliphatic heterocycles. The van der Waals surface area contributed by atoms with Crippen LogP contribution < -0.4 is 5.32 Å². The molecular formula is C11H22N2O3S. The van der Waals surface area contributed by atoms with E-state index >= 15 is 0 Å². The summed E-state index contributed by atoms with van der Waals surface area (Å²) in [6.45, 7) is 3.74. The Balaban J connectivity index is 1.95. The highest BCUT2D eigenvalue weighted by molar-refractivity contribution is 7.89. The molecule has 0 amide bonds. The largest absolute Gasteiger partial charge is 0.393 e. The lowest BCUT2D eigenvalue weighted by atomic mass is 9.99. The molecule has 2 N–H and O–H groups in total. The average molecular weight is 262 g/mol. The second-order valence-electron chi connectivity index (χ2n) is 5.26. The Bertz CT molecular complexity index is 352. The van der Waals surface area contributed by atoms with E-state index in [2.05, 4.69) is 5.32 Å². The molecule has 0 spiro atoms. The Kier molecular flexibility index (Phi) is 4.07. The monoisotopic (exact) mass is 262 g/mol. The van der Waals surface area contributed by atoms with Gasteiger partial charge < -0.3 is 10.4 Å². The summed E-state index contributed by atoms with van der Waals surface area (Å²) in [7, 11) is -3.16. The fourth-order valence-corrected chi connectivity index (χ4v) is 4.46. The van der Waals surface area contributed by atoms with Crippen molar-refractivity contribution in [1.82, 2.24) is 9.62 Å². The summed E-state index contributed by atoms with van der Waals surface area (Å²) in [5, 5.41) is 12.8. The molecule has 0 aromatic heterocycles. The van der Waals surface area contributed by atoms with Crippen molar-refractivity contribution in [3.05, 3.63) is 0 Å². The van der Waals surface area contributed by atoms with E-state index in [1.54, 1.807) is 4.31 Å². The van der Waals surface area contributed by atoms with Crippen molar-refractivity contribution in [2.75, 3.05) is 25.4 Å². The number of hydrogen-bond acceptors (Lipinski definition) is 4. The molecule has 6 heteroatoms. The van der Waals surface area contributed by atoms with E-state index < -0.39 is 10.0 Å². The summed E-state index contributed by atoms with van der Waals surface area (Å²) < 4.78 is 25.9. The van der Waals surface area contributed by atoms with Crippen LogP contribution in [-0.4, -0.2) is 55.4 Å². The first-order valence-corrected chi connectivity index (χ1v) is 7.99. The van der Waals surface area contributed by atoms with Crippen LogP contribution in [0.5, 0.6) is 0 Å². The van der Waals surface area contributed by atoms with Gasteiger partial charge in [0.05, 0.1) is 11.9 Å². The molecule has 5 nitrogen and oxygen atoms in total. The van der Waals surface area contributed by atoms with E-state index in [-0.39, 0.29) is 23.8 Å². The predicted octanol–water partition coefficient (Wildman–Crippen LogP) is -0.229. The second-order valence-corrected chi connectivity index (χ2v) is 7.28. The Morgan fingerprint density at radius 3 is 2.76 bits per heavy atom. The molecular weight excluding hydrogens is 240 g/mol. The third-order valence-electron chi connectivity index (χ3n) is 3.79. The van der Waals surface area contributed by atoms with Gasteiger partial charge in [0.2, 0.25) is 10.0 Å². The van der Waals surface area contributed by atoms with E-state index in [9.17, 15) is 13.5 Å². The van der Waals surface area contributed by atoms with E-state index in [1.165, 1.54) is 0 Å². The molecule has 3 atom stereocenters. The topological polar surface area (TPSA) is 69.6 Å². The van der Waals surface area contributed by atoms with Crippen molar-refractivity contribution in [3.63, 3.8) is 0 Å². The van der Waals surface area contributed by atoms with Crippen LogP contribution in [0, 0.1) is 5.92 Å². The van der Waals surface area contributed by atoms with Crippen molar-refractivity contribution in [2.45, 2.75) is 38.3 Å². The van der Waals surface area contributed by atoms with Crippen molar-refractivity contribution in [1.29, 1.82) is 0 Å². The van der Waals surface area contributed by atoms with Crippen LogP contribution in [0.15, 0.2) is 0 Å². The molecule has 0 aromatic rings. The number of nitrogens with one attached hydrogen (secondary N) is 1. The van der Waals surface area contributed by atoms with Gasteiger partial charge in [0.1, 0.15) is 0 Å². The fraction of sp³-hybridized carbons (Fsp3) is 1.00. The maximum absolute atomic E-state index is 12.2. The molecule has 0 aromatic carbocycles. The lowest BCUT2D eigenvalue weighted by molar-refractivity contribution is 0.0628. The van der Waals surface area contributed by atoms with Crippen molar-refractivity contribution in [2.24, 2.45) is 5.92 Å². The third kappa shape index (κ3) is 3.19. The number of aliphatic hydroxyl groups is 1. The average Bonchev–Trinajstić information content (AvgIpc) is 2.73. The van der Waals surface area contributed by atoms with Crippen LogP contribution in [0.25, 0.3) is 0 Å². The van der Waals surface area contributed by atoms with Crippen LogP contribution in [0.4, 0.5) is 0 Å². The minimum absolute atomic E-state index is 0.0371. The number of sulfonamides is 1. The molecule has 2 heterocycles. The minimum Gasteiger partial charge on any atom is -0.393 e. The molecule has 0 radical (unpaired) electrons. The van der Waals surface area contributed by atoms with Gasteiger partial charge in [-0.05, 0) is 31.7 Å². The molecule has 2 rings (SSSR count). The summed E-state index contributed by atoms with van der Waals surface area (Å²) >= 11 is 0. The van der Waals surface area contributed by atoms with Crippen molar-refractivity contribution in [3.8, 4) is 0 Å². The van der Waals surface area contributed by atoms with Gasteiger partial charge in [0.25, 0.3) is 0 Å². The molecule has 0 bridgehead atoms. The SMILES string of the molecule is CC1CN(S(=O)(=O)CC2CCCN2)CCC1O. The first-order valence-electron chi connectivity index (χ1n) is 6.38. The Morgan fingerprint density at radius 1 is 1.41 bits per heavy atom. The highest BCUT2D eigenvalue weighted by atomic mass is 32.2. The fourth-order valence-electron chi connectivity index (χ4n) is 2.61. The summed E-state index contributed by atoms with van der Waals surface area (Å²) in [5.41, 5.74) is 0.